The maximum absolute atomic E-state index is 11.0. The van der Waals surface area contributed by atoms with Crippen molar-refractivity contribution in [3.8, 4) is 22.3 Å². The summed E-state index contributed by atoms with van der Waals surface area (Å²) >= 11 is 0. The Morgan fingerprint density at radius 2 is 1.05 bits per heavy atom. The molecule has 0 aliphatic carbocycles. The third-order valence-electron chi connectivity index (χ3n) is 3.53. The van der Waals surface area contributed by atoms with E-state index >= 15 is 0 Å². The summed E-state index contributed by atoms with van der Waals surface area (Å²) in [5.74, 6) is -0.0556. The number of carbonyl (C=O) groups excluding carboxylic acids is 1. The van der Waals surface area contributed by atoms with Gasteiger partial charge in [-0.25, -0.2) is 0 Å². The fraction of sp³-hybridized carbons (Fsp3) is 0.0500. The minimum Gasteiger partial charge on any atom is -0.326 e. The molecule has 3 aromatic carbocycles. The largest absolute Gasteiger partial charge is 0.326 e. The van der Waals surface area contributed by atoms with Gasteiger partial charge in [-0.2, -0.15) is 0 Å². The summed E-state index contributed by atoms with van der Waals surface area (Å²) in [5, 5.41) is 2.78. The molecule has 0 bridgehead atoms. The first-order valence-corrected chi connectivity index (χ1v) is 7.26. The quantitative estimate of drug-likeness (QED) is 0.723. The number of hydrogen-bond acceptors (Lipinski definition) is 1. The van der Waals surface area contributed by atoms with E-state index in [0.717, 1.165) is 16.8 Å². The smallest absolute Gasteiger partial charge is 0.221 e. The van der Waals surface area contributed by atoms with Gasteiger partial charge in [-0.05, 0) is 34.4 Å². The van der Waals surface area contributed by atoms with Crippen LogP contribution in [0.15, 0.2) is 78.9 Å². The normalized spacial score (nSPS) is 10.2. The van der Waals surface area contributed by atoms with E-state index in [9.17, 15) is 4.79 Å². The summed E-state index contributed by atoms with van der Waals surface area (Å²) in [7, 11) is 0. The molecule has 108 valence electrons. The van der Waals surface area contributed by atoms with Crippen molar-refractivity contribution in [3.05, 3.63) is 78.9 Å². The molecule has 22 heavy (non-hydrogen) atoms. The number of hydrogen-bond donors (Lipinski definition) is 1. The number of carbonyl (C=O) groups is 1. The molecule has 2 nitrogen and oxygen atoms in total. The topological polar surface area (TPSA) is 29.1 Å². The Balaban J connectivity index is 1.82. The molecule has 1 N–H and O–H groups in total. The van der Waals surface area contributed by atoms with Crippen molar-refractivity contribution in [2.45, 2.75) is 6.92 Å². The first kappa shape index (κ1) is 14.1. The van der Waals surface area contributed by atoms with Gasteiger partial charge < -0.3 is 5.32 Å². The lowest BCUT2D eigenvalue weighted by Gasteiger charge is -2.07. The fourth-order valence-corrected chi connectivity index (χ4v) is 2.44. The van der Waals surface area contributed by atoms with Gasteiger partial charge in [0.15, 0.2) is 0 Å². The number of rotatable bonds is 3. The van der Waals surface area contributed by atoms with Gasteiger partial charge in [0, 0.05) is 12.6 Å². The lowest BCUT2D eigenvalue weighted by Crippen LogP contribution is -2.05. The van der Waals surface area contributed by atoms with Gasteiger partial charge in [-0.15, -0.1) is 0 Å². The number of amides is 1. The molecule has 1 amide bonds. The van der Waals surface area contributed by atoms with Crippen molar-refractivity contribution in [1.82, 2.24) is 0 Å². The molecule has 0 unspecified atom stereocenters. The van der Waals surface area contributed by atoms with E-state index in [0.29, 0.717) is 0 Å². The summed E-state index contributed by atoms with van der Waals surface area (Å²) in [5.41, 5.74) is 5.54. The van der Waals surface area contributed by atoms with Crippen LogP contribution < -0.4 is 5.32 Å². The molecule has 3 rings (SSSR count). The molecule has 3 aromatic rings. The van der Waals surface area contributed by atoms with Crippen LogP contribution in [0, 0.1) is 0 Å². The van der Waals surface area contributed by atoms with Crippen LogP contribution >= 0.6 is 0 Å². The van der Waals surface area contributed by atoms with E-state index in [4.69, 9.17) is 0 Å². The highest BCUT2D eigenvalue weighted by atomic mass is 16.1. The van der Waals surface area contributed by atoms with Crippen LogP contribution in [0.1, 0.15) is 6.92 Å². The van der Waals surface area contributed by atoms with Gasteiger partial charge in [0.2, 0.25) is 5.91 Å². The van der Waals surface area contributed by atoms with Gasteiger partial charge in [0.05, 0.1) is 0 Å². The van der Waals surface area contributed by atoms with E-state index in [1.54, 1.807) is 0 Å². The van der Waals surface area contributed by atoms with E-state index in [-0.39, 0.29) is 5.91 Å². The Morgan fingerprint density at radius 1 is 0.636 bits per heavy atom. The third kappa shape index (κ3) is 3.23. The zero-order chi connectivity index (χ0) is 15.4. The highest BCUT2D eigenvalue weighted by molar-refractivity contribution is 5.89. The highest BCUT2D eigenvalue weighted by Crippen LogP contribution is 2.25. The molecule has 0 aliphatic heterocycles. The predicted molar refractivity (Wildman–Crippen MR) is 91.6 cm³/mol. The van der Waals surface area contributed by atoms with Gasteiger partial charge in [0.25, 0.3) is 0 Å². The Bertz CT molecular complexity index is 759. The van der Waals surface area contributed by atoms with E-state index in [1.807, 2.05) is 42.5 Å². The highest BCUT2D eigenvalue weighted by Gasteiger charge is 2.01. The van der Waals surface area contributed by atoms with Gasteiger partial charge in [-0.1, -0.05) is 66.7 Å². The Hall–Kier alpha value is -2.87. The van der Waals surface area contributed by atoms with Crippen molar-refractivity contribution >= 4 is 11.6 Å². The average molecular weight is 287 g/mol. The molecule has 0 radical (unpaired) electrons. The second kappa shape index (κ2) is 6.27. The van der Waals surface area contributed by atoms with Crippen LogP contribution in [0.2, 0.25) is 0 Å². The van der Waals surface area contributed by atoms with Crippen molar-refractivity contribution in [1.29, 1.82) is 0 Å². The first-order valence-electron chi connectivity index (χ1n) is 7.26. The molecule has 0 fully saturated rings. The van der Waals surface area contributed by atoms with Crippen LogP contribution in [0.25, 0.3) is 22.3 Å². The third-order valence-corrected chi connectivity index (χ3v) is 3.53. The van der Waals surface area contributed by atoms with Crippen LogP contribution in [0.3, 0.4) is 0 Å². The Morgan fingerprint density at radius 3 is 1.50 bits per heavy atom. The Kier molecular flexibility index (Phi) is 4.01. The van der Waals surface area contributed by atoms with Gasteiger partial charge in [-0.3, -0.25) is 4.79 Å². The van der Waals surface area contributed by atoms with E-state index in [1.165, 1.54) is 18.1 Å². The second-order valence-electron chi connectivity index (χ2n) is 5.20. The number of benzene rings is 3. The predicted octanol–water partition coefficient (Wildman–Crippen LogP) is 4.98. The van der Waals surface area contributed by atoms with Crippen LogP contribution in [0.5, 0.6) is 0 Å². The molecule has 0 atom stereocenters. The molecule has 0 saturated carbocycles. The zero-order valence-electron chi connectivity index (χ0n) is 12.4. The molecular formula is C20H17NO. The summed E-state index contributed by atoms with van der Waals surface area (Å²) in [6.07, 6.45) is 0. The Labute approximate surface area is 130 Å². The zero-order valence-corrected chi connectivity index (χ0v) is 12.4. The summed E-state index contributed by atoms with van der Waals surface area (Å²) in [4.78, 5) is 11.0. The van der Waals surface area contributed by atoms with Crippen molar-refractivity contribution in [3.63, 3.8) is 0 Å². The molecule has 2 heteroatoms. The van der Waals surface area contributed by atoms with Crippen molar-refractivity contribution in [2.24, 2.45) is 0 Å². The van der Waals surface area contributed by atoms with Crippen molar-refractivity contribution in [2.75, 3.05) is 5.32 Å². The minimum absolute atomic E-state index is 0.0556. The molecule has 0 heterocycles. The molecule has 0 spiro atoms. The van der Waals surface area contributed by atoms with Crippen molar-refractivity contribution < 1.29 is 4.79 Å². The second-order valence-corrected chi connectivity index (χ2v) is 5.20. The average Bonchev–Trinajstić information content (AvgIpc) is 2.56. The van der Waals surface area contributed by atoms with E-state index in [2.05, 4.69) is 41.7 Å². The SMILES string of the molecule is CC(=O)Nc1ccc(-c2ccc(-c3ccccc3)cc2)cc1. The maximum atomic E-state index is 11.0. The van der Waals surface area contributed by atoms with Crippen LogP contribution in [-0.4, -0.2) is 5.91 Å². The number of nitrogens with one attached hydrogen (secondary N) is 1. The lowest BCUT2D eigenvalue weighted by atomic mass is 10.0. The summed E-state index contributed by atoms with van der Waals surface area (Å²) in [6.45, 7) is 1.51. The van der Waals surface area contributed by atoms with E-state index < -0.39 is 0 Å². The fourth-order valence-electron chi connectivity index (χ4n) is 2.44. The first-order chi connectivity index (χ1) is 10.7. The molecule has 0 aliphatic rings. The standard InChI is InChI=1S/C20H17NO/c1-15(22)21-20-13-11-19(12-14-20)18-9-7-17(8-10-18)16-5-3-2-4-6-16/h2-14H,1H3,(H,21,22). The number of anilines is 1. The maximum Gasteiger partial charge on any atom is 0.221 e. The van der Waals surface area contributed by atoms with Crippen LogP contribution in [0.4, 0.5) is 5.69 Å². The van der Waals surface area contributed by atoms with Gasteiger partial charge in [0.1, 0.15) is 0 Å². The molecular weight excluding hydrogens is 270 g/mol. The minimum atomic E-state index is -0.0556. The molecule has 0 aromatic heterocycles. The molecule has 0 saturated heterocycles. The summed E-state index contributed by atoms with van der Waals surface area (Å²) in [6, 6.07) is 26.7. The van der Waals surface area contributed by atoms with Crippen LogP contribution in [-0.2, 0) is 4.79 Å². The van der Waals surface area contributed by atoms with Gasteiger partial charge >= 0.3 is 0 Å². The monoisotopic (exact) mass is 287 g/mol. The summed E-state index contributed by atoms with van der Waals surface area (Å²) < 4.78 is 0. The lowest BCUT2D eigenvalue weighted by molar-refractivity contribution is -0.114.